The minimum absolute atomic E-state index is 0.0322. The van der Waals surface area contributed by atoms with Crippen LogP contribution in [-0.4, -0.2) is 38.7 Å². The fourth-order valence-corrected chi connectivity index (χ4v) is 4.11. The van der Waals surface area contributed by atoms with E-state index in [4.69, 9.17) is 18.9 Å². The Kier molecular flexibility index (Phi) is 5.49. The molecule has 2 aromatic carbocycles. The maximum Gasteiger partial charge on any atom is 0.203 e. The summed E-state index contributed by atoms with van der Waals surface area (Å²) in [4.78, 5) is 0. The third kappa shape index (κ3) is 3.07. The van der Waals surface area contributed by atoms with Crippen LogP contribution in [0.1, 0.15) is 25.0 Å². The van der Waals surface area contributed by atoms with Gasteiger partial charge in [-0.25, -0.2) is 0 Å². The molecule has 152 valence electrons. The summed E-state index contributed by atoms with van der Waals surface area (Å²) in [5, 5.41) is 21.0. The molecule has 0 fully saturated rings. The molecule has 0 spiro atoms. The number of ether oxygens (including phenoxy) is 4. The number of rotatable bonds is 4. The molecule has 3 rings (SSSR count). The first-order valence-electron chi connectivity index (χ1n) is 9.31. The van der Waals surface area contributed by atoms with E-state index in [0.717, 1.165) is 35.1 Å². The zero-order valence-corrected chi connectivity index (χ0v) is 17.3. The Balaban J connectivity index is 2.50. The maximum atomic E-state index is 10.5. The lowest BCUT2D eigenvalue weighted by Crippen LogP contribution is -2.18. The lowest BCUT2D eigenvalue weighted by molar-refractivity contribution is 0.325. The van der Waals surface area contributed by atoms with Gasteiger partial charge in [-0.15, -0.1) is 0 Å². The molecule has 0 radical (unpaired) electrons. The highest BCUT2D eigenvalue weighted by Crippen LogP contribution is 2.55. The summed E-state index contributed by atoms with van der Waals surface area (Å²) < 4.78 is 22.2. The zero-order chi connectivity index (χ0) is 20.6. The minimum Gasteiger partial charge on any atom is -0.504 e. The Morgan fingerprint density at radius 2 is 0.964 bits per heavy atom. The van der Waals surface area contributed by atoms with Crippen LogP contribution in [0, 0.1) is 11.8 Å². The third-order valence-corrected chi connectivity index (χ3v) is 5.72. The molecule has 1 aliphatic rings. The Morgan fingerprint density at radius 1 is 0.643 bits per heavy atom. The van der Waals surface area contributed by atoms with Crippen LogP contribution in [0.3, 0.4) is 0 Å². The average molecular weight is 388 g/mol. The number of hydrogen-bond acceptors (Lipinski definition) is 6. The lowest BCUT2D eigenvalue weighted by atomic mass is 9.77. The van der Waals surface area contributed by atoms with Crippen molar-refractivity contribution in [3.05, 3.63) is 23.3 Å². The number of phenols is 2. The molecule has 2 N–H and O–H groups in total. The molecule has 2 atom stereocenters. The highest BCUT2D eigenvalue weighted by atomic mass is 16.5. The summed E-state index contributed by atoms with van der Waals surface area (Å²) >= 11 is 0. The monoisotopic (exact) mass is 388 g/mol. The summed E-state index contributed by atoms with van der Waals surface area (Å²) in [6.07, 6.45) is 1.52. The first-order valence-corrected chi connectivity index (χ1v) is 9.31. The normalized spacial score (nSPS) is 18.4. The summed E-state index contributed by atoms with van der Waals surface area (Å²) in [5.41, 5.74) is 3.45. The summed E-state index contributed by atoms with van der Waals surface area (Å²) in [7, 11) is 6.08. The van der Waals surface area contributed by atoms with E-state index in [9.17, 15) is 10.2 Å². The van der Waals surface area contributed by atoms with E-state index in [0.29, 0.717) is 23.3 Å². The predicted molar refractivity (Wildman–Crippen MR) is 107 cm³/mol. The fourth-order valence-electron chi connectivity index (χ4n) is 4.11. The van der Waals surface area contributed by atoms with E-state index in [-0.39, 0.29) is 23.0 Å². The van der Waals surface area contributed by atoms with Gasteiger partial charge in [-0.05, 0) is 47.9 Å². The number of phenolic OH excluding ortho intramolecular Hbond substituents is 2. The number of benzene rings is 2. The van der Waals surface area contributed by atoms with Crippen LogP contribution >= 0.6 is 0 Å². The number of methoxy groups -OCH3 is 4. The van der Waals surface area contributed by atoms with Crippen LogP contribution in [0.2, 0.25) is 0 Å². The second kappa shape index (κ2) is 7.70. The van der Waals surface area contributed by atoms with Gasteiger partial charge < -0.3 is 29.2 Å². The molecule has 28 heavy (non-hydrogen) atoms. The highest BCUT2D eigenvalue weighted by molar-refractivity contribution is 5.88. The number of fused-ring (bicyclic) bond motifs is 3. The van der Waals surface area contributed by atoms with Crippen molar-refractivity contribution in [2.24, 2.45) is 11.8 Å². The van der Waals surface area contributed by atoms with Crippen molar-refractivity contribution in [3.63, 3.8) is 0 Å². The van der Waals surface area contributed by atoms with Gasteiger partial charge in [0, 0.05) is 11.1 Å². The van der Waals surface area contributed by atoms with E-state index in [2.05, 4.69) is 13.8 Å². The maximum absolute atomic E-state index is 10.5. The second-order valence-corrected chi connectivity index (χ2v) is 7.36. The van der Waals surface area contributed by atoms with Crippen LogP contribution in [0.5, 0.6) is 34.5 Å². The van der Waals surface area contributed by atoms with Crippen LogP contribution in [0.25, 0.3) is 11.1 Å². The molecule has 0 bridgehead atoms. The smallest absolute Gasteiger partial charge is 0.203 e. The molecule has 0 amide bonds. The largest absolute Gasteiger partial charge is 0.504 e. The van der Waals surface area contributed by atoms with Gasteiger partial charge in [-0.2, -0.15) is 0 Å². The van der Waals surface area contributed by atoms with E-state index in [1.807, 2.05) is 0 Å². The summed E-state index contributed by atoms with van der Waals surface area (Å²) in [6, 6.07) is 3.46. The van der Waals surface area contributed by atoms with Gasteiger partial charge in [-0.3, -0.25) is 0 Å². The molecule has 2 aromatic rings. The van der Waals surface area contributed by atoms with Crippen molar-refractivity contribution >= 4 is 0 Å². The standard InChI is InChI=1S/C22H28O6/c1-11-7-13-9-15(23)19(25-3)21(27-5)17(13)18-14(8-12(11)2)10-16(24)20(26-4)22(18)28-6/h9-12,23-24H,7-8H2,1-6H3/t11-,12-/m0/s1. The molecule has 0 saturated heterocycles. The lowest BCUT2D eigenvalue weighted by Gasteiger charge is -2.30. The number of aromatic hydroxyl groups is 2. The summed E-state index contributed by atoms with van der Waals surface area (Å²) in [5.74, 6) is 2.19. The third-order valence-electron chi connectivity index (χ3n) is 5.72. The first-order chi connectivity index (χ1) is 13.4. The van der Waals surface area contributed by atoms with Gasteiger partial charge in [0.2, 0.25) is 11.5 Å². The molecule has 0 unspecified atom stereocenters. The molecule has 0 aromatic heterocycles. The molecule has 0 aliphatic heterocycles. The molecule has 6 nitrogen and oxygen atoms in total. The Hall–Kier alpha value is -2.76. The molecule has 0 heterocycles. The van der Waals surface area contributed by atoms with Crippen LogP contribution in [-0.2, 0) is 12.8 Å². The quantitative estimate of drug-likeness (QED) is 0.819. The van der Waals surface area contributed by atoms with Crippen molar-refractivity contribution in [2.75, 3.05) is 28.4 Å². The molecular formula is C22H28O6. The Morgan fingerprint density at radius 3 is 1.25 bits per heavy atom. The second-order valence-electron chi connectivity index (χ2n) is 7.36. The van der Waals surface area contributed by atoms with E-state index >= 15 is 0 Å². The Bertz CT molecular complexity index is 816. The fraction of sp³-hybridized carbons (Fsp3) is 0.455. The SMILES string of the molecule is COc1c(O)cc2c(c1OC)-c1c(cc(O)c(OC)c1OC)C[C@H](C)[C@@H](C)C2. The zero-order valence-electron chi connectivity index (χ0n) is 17.3. The number of hydrogen-bond donors (Lipinski definition) is 2. The van der Waals surface area contributed by atoms with E-state index < -0.39 is 0 Å². The molecule has 0 saturated carbocycles. The van der Waals surface area contributed by atoms with Gasteiger partial charge in [0.1, 0.15) is 0 Å². The summed E-state index contributed by atoms with van der Waals surface area (Å²) in [6.45, 7) is 4.38. The van der Waals surface area contributed by atoms with Gasteiger partial charge in [0.25, 0.3) is 0 Å². The molecule has 1 aliphatic carbocycles. The first kappa shape index (κ1) is 20.0. The van der Waals surface area contributed by atoms with Crippen LogP contribution < -0.4 is 18.9 Å². The van der Waals surface area contributed by atoms with Gasteiger partial charge in [-0.1, -0.05) is 13.8 Å². The van der Waals surface area contributed by atoms with Crippen molar-refractivity contribution in [1.82, 2.24) is 0 Å². The van der Waals surface area contributed by atoms with E-state index in [1.54, 1.807) is 26.4 Å². The van der Waals surface area contributed by atoms with Crippen molar-refractivity contribution in [2.45, 2.75) is 26.7 Å². The highest BCUT2D eigenvalue weighted by Gasteiger charge is 2.32. The minimum atomic E-state index is 0.0322. The van der Waals surface area contributed by atoms with Gasteiger partial charge >= 0.3 is 0 Å². The van der Waals surface area contributed by atoms with E-state index in [1.165, 1.54) is 14.2 Å². The van der Waals surface area contributed by atoms with Gasteiger partial charge in [0.05, 0.1) is 28.4 Å². The van der Waals surface area contributed by atoms with Crippen LogP contribution in [0.4, 0.5) is 0 Å². The predicted octanol–water partition coefficient (Wildman–Crippen LogP) is 4.17. The molecular weight excluding hydrogens is 360 g/mol. The van der Waals surface area contributed by atoms with Crippen molar-refractivity contribution < 1.29 is 29.2 Å². The Labute approximate surface area is 165 Å². The van der Waals surface area contributed by atoms with Crippen LogP contribution in [0.15, 0.2) is 12.1 Å². The average Bonchev–Trinajstić information content (AvgIpc) is 2.66. The van der Waals surface area contributed by atoms with Crippen molar-refractivity contribution in [1.29, 1.82) is 0 Å². The van der Waals surface area contributed by atoms with Crippen molar-refractivity contribution in [3.8, 4) is 45.6 Å². The topological polar surface area (TPSA) is 77.4 Å². The molecule has 6 heteroatoms. The van der Waals surface area contributed by atoms with Gasteiger partial charge in [0.15, 0.2) is 23.0 Å².